The van der Waals surface area contributed by atoms with Crippen LogP contribution in [0.3, 0.4) is 0 Å². The van der Waals surface area contributed by atoms with Crippen LogP contribution in [-0.2, 0) is 19.1 Å². The molecule has 5 amide bonds. The van der Waals surface area contributed by atoms with Gasteiger partial charge >= 0.3 is 17.8 Å². The first-order chi connectivity index (χ1) is 12.8. The van der Waals surface area contributed by atoms with Crippen molar-refractivity contribution in [1.82, 2.24) is 9.80 Å². The van der Waals surface area contributed by atoms with Gasteiger partial charge in [0.25, 0.3) is 0 Å². The molecular formula is C18H21N3O6. The molecule has 0 aliphatic carbocycles. The third-order valence-corrected chi connectivity index (χ3v) is 4.43. The van der Waals surface area contributed by atoms with Crippen molar-refractivity contribution in [3.63, 3.8) is 0 Å². The Balaban J connectivity index is 1.77. The Morgan fingerprint density at radius 3 is 2.44 bits per heavy atom. The third-order valence-electron chi connectivity index (χ3n) is 4.43. The Bertz CT molecular complexity index is 785. The normalized spacial score (nSPS) is 23.2. The quantitative estimate of drug-likeness (QED) is 0.566. The first-order valence-corrected chi connectivity index (χ1v) is 8.59. The van der Waals surface area contributed by atoms with Crippen molar-refractivity contribution in [3.05, 3.63) is 24.3 Å². The number of hydrogen-bond acceptors (Lipinski definition) is 6. The minimum Gasteiger partial charge on any atom is -0.497 e. The van der Waals surface area contributed by atoms with Crippen LogP contribution >= 0.6 is 0 Å². The molecular weight excluding hydrogens is 354 g/mol. The van der Waals surface area contributed by atoms with Gasteiger partial charge in [0.2, 0.25) is 5.91 Å². The Morgan fingerprint density at radius 1 is 1.15 bits per heavy atom. The molecule has 27 heavy (non-hydrogen) atoms. The monoisotopic (exact) mass is 375 g/mol. The Hall–Kier alpha value is -2.94. The summed E-state index contributed by atoms with van der Waals surface area (Å²) in [5.41, 5.74) is 0.210. The summed E-state index contributed by atoms with van der Waals surface area (Å²) in [6.45, 7) is 3.94. The summed E-state index contributed by atoms with van der Waals surface area (Å²) >= 11 is 0. The largest absolute Gasteiger partial charge is 0.497 e. The first-order valence-electron chi connectivity index (χ1n) is 8.59. The smallest absolute Gasteiger partial charge is 0.339 e. The maximum Gasteiger partial charge on any atom is 0.339 e. The van der Waals surface area contributed by atoms with E-state index in [4.69, 9.17) is 9.47 Å². The van der Waals surface area contributed by atoms with Crippen molar-refractivity contribution >= 4 is 29.4 Å². The van der Waals surface area contributed by atoms with E-state index in [-0.39, 0.29) is 17.9 Å². The van der Waals surface area contributed by atoms with E-state index in [9.17, 15) is 19.2 Å². The second kappa shape index (κ2) is 7.36. The van der Waals surface area contributed by atoms with Crippen LogP contribution in [0.5, 0.6) is 5.75 Å². The Morgan fingerprint density at radius 2 is 1.81 bits per heavy atom. The lowest BCUT2D eigenvalue weighted by atomic mass is 10.2. The highest BCUT2D eigenvalue weighted by atomic mass is 16.5. The standard InChI is InChI=1S/C18H21N3O6/c1-11-8-19(9-12(2)27-11)15(22)10-20-16(23)17(24)21(18(20)25)13-5-4-6-14(7-13)26-3/h4-7,11-12H,8-10H2,1-3H3/t11-,12-/m1/s1. The molecule has 2 atom stereocenters. The molecule has 1 aromatic carbocycles. The van der Waals surface area contributed by atoms with Crippen LogP contribution in [0.4, 0.5) is 10.5 Å². The summed E-state index contributed by atoms with van der Waals surface area (Å²) in [7, 11) is 1.45. The summed E-state index contributed by atoms with van der Waals surface area (Å²) in [5, 5.41) is 0. The number of morpholine rings is 1. The van der Waals surface area contributed by atoms with E-state index < -0.39 is 30.3 Å². The number of ether oxygens (including phenoxy) is 2. The molecule has 144 valence electrons. The van der Waals surface area contributed by atoms with Gasteiger partial charge in [-0.1, -0.05) is 6.07 Å². The lowest BCUT2D eigenvalue weighted by Crippen LogP contribution is -2.51. The molecule has 3 rings (SSSR count). The summed E-state index contributed by atoms with van der Waals surface area (Å²) in [4.78, 5) is 52.8. The number of rotatable bonds is 4. The number of amides is 5. The summed E-state index contributed by atoms with van der Waals surface area (Å²) in [6.07, 6.45) is -0.282. The van der Waals surface area contributed by atoms with E-state index in [1.54, 1.807) is 12.1 Å². The molecule has 0 bridgehead atoms. The van der Waals surface area contributed by atoms with Gasteiger partial charge in [0, 0.05) is 19.2 Å². The molecule has 2 saturated heterocycles. The molecule has 9 nitrogen and oxygen atoms in total. The van der Waals surface area contributed by atoms with Crippen LogP contribution in [0, 0.1) is 0 Å². The first kappa shape index (κ1) is 18.8. The van der Waals surface area contributed by atoms with Gasteiger partial charge in [-0.2, -0.15) is 0 Å². The van der Waals surface area contributed by atoms with Crippen LogP contribution < -0.4 is 9.64 Å². The fourth-order valence-corrected chi connectivity index (χ4v) is 3.24. The zero-order valence-electron chi connectivity index (χ0n) is 15.4. The molecule has 1 aromatic rings. The summed E-state index contributed by atoms with van der Waals surface area (Å²) < 4.78 is 10.7. The minimum atomic E-state index is -1.02. The highest BCUT2D eigenvalue weighted by Gasteiger charge is 2.46. The van der Waals surface area contributed by atoms with Crippen LogP contribution in [0.1, 0.15) is 13.8 Å². The average Bonchev–Trinajstić information content (AvgIpc) is 2.84. The average molecular weight is 375 g/mol. The van der Waals surface area contributed by atoms with Crippen molar-refractivity contribution in [1.29, 1.82) is 0 Å². The number of carbonyl (C=O) groups is 4. The van der Waals surface area contributed by atoms with Gasteiger partial charge in [-0.3, -0.25) is 14.4 Å². The van der Waals surface area contributed by atoms with E-state index in [0.29, 0.717) is 23.7 Å². The molecule has 0 unspecified atom stereocenters. The van der Waals surface area contributed by atoms with Gasteiger partial charge in [-0.25, -0.2) is 14.6 Å². The van der Waals surface area contributed by atoms with Gasteiger partial charge in [-0.15, -0.1) is 0 Å². The van der Waals surface area contributed by atoms with Crippen molar-refractivity contribution in [3.8, 4) is 5.75 Å². The Labute approximate surface area is 156 Å². The predicted octanol–water partition coefficient (Wildman–Crippen LogP) is 0.626. The van der Waals surface area contributed by atoms with E-state index in [2.05, 4.69) is 0 Å². The maximum absolute atomic E-state index is 12.6. The fourth-order valence-electron chi connectivity index (χ4n) is 3.24. The number of urea groups is 1. The lowest BCUT2D eigenvalue weighted by molar-refractivity contribution is -0.147. The number of benzene rings is 1. The fraction of sp³-hybridized carbons (Fsp3) is 0.444. The van der Waals surface area contributed by atoms with Gasteiger partial charge in [0.05, 0.1) is 25.0 Å². The number of imide groups is 2. The number of anilines is 1. The minimum absolute atomic E-state index is 0.141. The molecule has 9 heteroatoms. The second-order valence-electron chi connectivity index (χ2n) is 6.57. The predicted molar refractivity (Wildman–Crippen MR) is 94.2 cm³/mol. The van der Waals surface area contributed by atoms with Crippen LogP contribution in [0.2, 0.25) is 0 Å². The molecule has 2 aliphatic heterocycles. The van der Waals surface area contributed by atoms with Crippen molar-refractivity contribution in [2.24, 2.45) is 0 Å². The van der Waals surface area contributed by atoms with Crippen LogP contribution in [0.15, 0.2) is 24.3 Å². The van der Waals surface area contributed by atoms with Gasteiger partial charge in [0.1, 0.15) is 12.3 Å². The van der Waals surface area contributed by atoms with Gasteiger partial charge < -0.3 is 14.4 Å². The summed E-state index contributed by atoms with van der Waals surface area (Å²) in [5.74, 6) is -1.99. The molecule has 2 fully saturated rings. The van der Waals surface area contributed by atoms with E-state index >= 15 is 0 Å². The van der Waals surface area contributed by atoms with Crippen molar-refractivity contribution in [2.75, 3.05) is 31.6 Å². The maximum atomic E-state index is 12.6. The van der Waals surface area contributed by atoms with Crippen LogP contribution in [-0.4, -0.2) is 72.5 Å². The number of hydrogen-bond donors (Lipinski definition) is 0. The topological polar surface area (TPSA) is 96.5 Å². The van der Waals surface area contributed by atoms with E-state index in [0.717, 1.165) is 4.90 Å². The molecule has 2 aliphatic rings. The molecule has 0 radical (unpaired) electrons. The van der Waals surface area contributed by atoms with E-state index in [1.807, 2.05) is 13.8 Å². The highest BCUT2D eigenvalue weighted by molar-refractivity contribution is 6.53. The second-order valence-corrected chi connectivity index (χ2v) is 6.57. The molecule has 0 saturated carbocycles. The highest BCUT2D eigenvalue weighted by Crippen LogP contribution is 2.26. The number of nitrogens with zero attached hydrogens (tertiary/aromatic N) is 3. The molecule has 2 heterocycles. The van der Waals surface area contributed by atoms with Crippen molar-refractivity contribution in [2.45, 2.75) is 26.1 Å². The zero-order valence-corrected chi connectivity index (χ0v) is 15.4. The molecule has 0 N–H and O–H groups in total. The number of carbonyl (C=O) groups excluding carboxylic acids is 4. The van der Waals surface area contributed by atoms with Crippen molar-refractivity contribution < 1.29 is 28.7 Å². The van der Waals surface area contributed by atoms with E-state index in [1.165, 1.54) is 24.1 Å². The SMILES string of the molecule is COc1cccc(N2C(=O)C(=O)N(CC(=O)N3C[C@@H](C)O[C@H](C)C3)C2=O)c1. The molecule has 0 aromatic heterocycles. The third kappa shape index (κ3) is 3.63. The van der Waals surface area contributed by atoms with Gasteiger partial charge in [-0.05, 0) is 26.0 Å². The zero-order chi connectivity index (χ0) is 19.7. The lowest BCUT2D eigenvalue weighted by Gasteiger charge is -2.35. The van der Waals surface area contributed by atoms with Crippen LogP contribution in [0.25, 0.3) is 0 Å². The Kier molecular flexibility index (Phi) is 5.13. The van der Waals surface area contributed by atoms with Gasteiger partial charge in [0.15, 0.2) is 0 Å². The molecule has 0 spiro atoms. The number of methoxy groups -OCH3 is 1. The summed E-state index contributed by atoms with van der Waals surface area (Å²) in [6, 6.07) is 5.39.